The van der Waals surface area contributed by atoms with Crippen molar-refractivity contribution in [3.05, 3.63) is 35.4 Å². The molecule has 2 aromatic rings. The molecule has 0 aliphatic rings. The maximum atomic E-state index is 14.3. The number of aliphatic hydroxyl groups excluding tert-OH is 1. The van der Waals surface area contributed by atoms with Gasteiger partial charge in [-0.2, -0.15) is 8.78 Å². The highest BCUT2D eigenvalue weighted by Crippen LogP contribution is 2.31. The van der Waals surface area contributed by atoms with Crippen molar-refractivity contribution >= 4 is 0 Å². The topological polar surface area (TPSA) is 96.8 Å². The van der Waals surface area contributed by atoms with E-state index in [-0.39, 0.29) is 11.9 Å². The predicted molar refractivity (Wildman–Crippen MR) is 81.4 cm³/mol. The highest BCUT2D eigenvalue weighted by atomic mass is 19.3. The van der Waals surface area contributed by atoms with Crippen molar-refractivity contribution in [2.75, 3.05) is 6.61 Å². The Kier molecular flexibility index (Phi) is 6.27. The Morgan fingerprint density at radius 2 is 2.12 bits per heavy atom. The summed E-state index contributed by atoms with van der Waals surface area (Å²) in [4.78, 5) is 3.80. The Morgan fingerprint density at radius 1 is 1.33 bits per heavy atom. The molecular weight excluding hydrogens is 320 g/mol. The van der Waals surface area contributed by atoms with Crippen molar-refractivity contribution in [3.63, 3.8) is 0 Å². The molecule has 0 radical (unpaired) electrons. The number of hydrogen-bond donors (Lipinski definition) is 2. The molecule has 2 heterocycles. The molecule has 2 N–H and O–H groups in total. The van der Waals surface area contributed by atoms with Crippen LogP contribution in [0.4, 0.5) is 8.78 Å². The van der Waals surface area contributed by atoms with Gasteiger partial charge in [0.2, 0.25) is 0 Å². The van der Waals surface area contributed by atoms with E-state index in [2.05, 4.69) is 25.6 Å². The zero-order valence-corrected chi connectivity index (χ0v) is 13.6. The fraction of sp³-hybridized carbons (Fsp3) is 0.600. The molecule has 0 fully saturated rings. The summed E-state index contributed by atoms with van der Waals surface area (Å²) < 4.78 is 33.9. The fourth-order valence-electron chi connectivity index (χ4n) is 2.11. The first kappa shape index (κ1) is 18.3. The lowest BCUT2D eigenvalue weighted by molar-refractivity contribution is -0.117. The number of rotatable bonds is 9. The molecule has 9 heteroatoms. The van der Waals surface area contributed by atoms with E-state index in [4.69, 9.17) is 4.74 Å². The molecule has 1 atom stereocenters. The molecule has 0 amide bonds. The molecule has 0 saturated carbocycles. The van der Waals surface area contributed by atoms with Gasteiger partial charge < -0.3 is 9.84 Å². The third-order valence-corrected chi connectivity index (χ3v) is 3.42. The Hall–Kier alpha value is -2.00. The second-order valence-corrected chi connectivity index (χ2v) is 5.77. The number of aryl methyl sites for hydroxylation is 1. The summed E-state index contributed by atoms with van der Waals surface area (Å²) in [5.41, 5.74) is 0.362. The number of aromatic amines is 1. The average molecular weight is 341 g/mol. The number of aromatic nitrogens is 5. The quantitative estimate of drug-likeness (QED) is 0.673. The van der Waals surface area contributed by atoms with Crippen molar-refractivity contribution in [1.29, 1.82) is 0 Å². The maximum Gasteiger partial charge on any atom is 0.315 e. The van der Waals surface area contributed by atoms with Crippen molar-refractivity contribution in [3.8, 4) is 0 Å². The summed E-state index contributed by atoms with van der Waals surface area (Å²) in [5.74, 6) is -3.41. The van der Waals surface area contributed by atoms with E-state index in [1.165, 1.54) is 12.3 Å². The highest BCUT2D eigenvalue weighted by molar-refractivity contribution is 5.18. The van der Waals surface area contributed by atoms with Crippen LogP contribution in [0.3, 0.4) is 0 Å². The summed E-state index contributed by atoms with van der Waals surface area (Å²) >= 11 is 0. The number of H-pyrrole nitrogens is 1. The monoisotopic (exact) mass is 341 g/mol. The van der Waals surface area contributed by atoms with Crippen LogP contribution in [0.25, 0.3) is 0 Å². The van der Waals surface area contributed by atoms with Crippen LogP contribution in [0.15, 0.2) is 18.3 Å². The van der Waals surface area contributed by atoms with Crippen LogP contribution >= 0.6 is 0 Å². The van der Waals surface area contributed by atoms with Crippen LogP contribution in [-0.4, -0.2) is 49.5 Å². The van der Waals surface area contributed by atoms with E-state index in [1.807, 2.05) is 13.8 Å². The molecular formula is C15H21F2N5O2. The number of nitrogens with one attached hydrogen (secondary N) is 1. The molecule has 0 aliphatic heterocycles. The average Bonchev–Trinajstić information content (AvgIpc) is 3.05. The van der Waals surface area contributed by atoms with Gasteiger partial charge in [-0.3, -0.25) is 4.98 Å². The standard InChI is InChI=1S/C15H21F2N5O2/c1-10(2)24-7-3-4-11-5-6-12(18-9-11)15(16,17)13(23)8-14-19-21-22-20-14/h5-6,9-10,13,23H,3-4,7-8H2,1-2H3,(H,19,20,21,22). The van der Waals surface area contributed by atoms with Gasteiger partial charge in [-0.15, -0.1) is 5.10 Å². The van der Waals surface area contributed by atoms with Crippen LogP contribution in [0.2, 0.25) is 0 Å². The molecule has 2 rings (SSSR count). The van der Waals surface area contributed by atoms with E-state index in [9.17, 15) is 13.9 Å². The van der Waals surface area contributed by atoms with Gasteiger partial charge in [0, 0.05) is 19.2 Å². The van der Waals surface area contributed by atoms with Crippen molar-refractivity contribution in [2.24, 2.45) is 0 Å². The fourth-order valence-corrected chi connectivity index (χ4v) is 2.11. The van der Waals surface area contributed by atoms with Gasteiger partial charge in [0.05, 0.1) is 6.10 Å². The number of pyridine rings is 1. The molecule has 0 saturated heterocycles. The minimum Gasteiger partial charge on any atom is -0.386 e. The number of hydrogen-bond acceptors (Lipinski definition) is 6. The summed E-state index contributed by atoms with van der Waals surface area (Å²) in [6.45, 7) is 4.52. The number of aliphatic hydroxyl groups is 1. The van der Waals surface area contributed by atoms with Crippen LogP contribution in [-0.2, 0) is 23.5 Å². The van der Waals surface area contributed by atoms with E-state index in [0.29, 0.717) is 13.0 Å². The predicted octanol–water partition coefficient (Wildman–Crippen LogP) is 1.65. The van der Waals surface area contributed by atoms with Gasteiger partial charge in [0.1, 0.15) is 11.8 Å². The molecule has 132 valence electrons. The third kappa shape index (κ3) is 5.00. The number of ether oxygens (including phenoxy) is 1. The lowest BCUT2D eigenvalue weighted by atomic mass is 10.0. The first-order valence-corrected chi connectivity index (χ1v) is 7.75. The van der Waals surface area contributed by atoms with Crippen LogP contribution in [0.5, 0.6) is 0 Å². The van der Waals surface area contributed by atoms with Crippen molar-refractivity contribution in [1.82, 2.24) is 25.6 Å². The molecule has 0 aromatic carbocycles. The minimum atomic E-state index is -3.49. The van der Waals surface area contributed by atoms with Gasteiger partial charge in [-0.05, 0) is 48.7 Å². The normalized spacial score (nSPS) is 13.4. The first-order valence-electron chi connectivity index (χ1n) is 7.75. The number of halogens is 2. The van der Waals surface area contributed by atoms with Gasteiger partial charge in [-0.1, -0.05) is 6.07 Å². The van der Waals surface area contributed by atoms with Gasteiger partial charge in [0.15, 0.2) is 5.82 Å². The van der Waals surface area contributed by atoms with E-state index in [1.54, 1.807) is 6.07 Å². The van der Waals surface area contributed by atoms with Gasteiger partial charge in [0.25, 0.3) is 0 Å². The third-order valence-electron chi connectivity index (χ3n) is 3.42. The number of tetrazole rings is 1. The van der Waals surface area contributed by atoms with E-state index < -0.39 is 24.1 Å². The van der Waals surface area contributed by atoms with Crippen LogP contribution in [0, 0.1) is 0 Å². The molecule has 0 spiro atoms. The van der Waals surface area contributed by atoms with E-state index >= 15 is 0 Å². The van der Waals surface area contributed by atoms with Crippen LogP contribution in [0.1, 0.15) is 37.4 Å². The largest absolute Gasteiger partial charge is 0.386 e. The smallest absolute Gasteiger partial charge is 0.315 e. The highest BCUT2D eigenvalue weighted by Gasteiger charge is 2.42. The van der Waals surface area contributed by atoms with Gasteiger partial charge >= 0.3 is 5.92 Å². The molecule has 24 heavy (non-hydrogen) atoms. The minimum absolute atomic E-state index is 0.0870. The van der Waals surface area contributed by atoms with Crippen LogP contribution < -0.4 is 0 Å². The SMILES string of the molecule is CC(C)OCCCc1ccc(C(F)(F)C(O)Cc2nnn[nH]2)nc1. The Labute approximate surface area is 138 Å². The molecule has 7 nitrogen and oxygen atoms in total. The first-order chi connectivity index (χ1) is 11.4. The lowest BCUT2D eigenvalue weighted by Crippen LogP contribution is -2.34. The van der Waals surface area contributed by atoms with Gasteiger partial charge in [-0.25, -0.2) is 5.10 Å². The lowest BCUT2D eigenvalue weighted by Gasteiger charge is -2.21. The molecule has 0 aliphatic carbocycles. The maximum absolute atomic E-state index is 14.3. The zero-order valence-electron chi connectivity index (χ0n) is 13.6. The molecule has 0 bridgehead atoms. The summed E-state index contributed by atoms with van der Waals surface area (Å²) in [5, 5.41) is 22.2. The molecule has 1 unspecified atom stereocenters. The molecule has 2 aromatic heterocycles. The second kappa shape index (κ2) is 8.20. The van der Waals surface area contributed by atoms with Crippen molar-refractivity contribution in [2.45, 2.75) is 51.2 Å². The Morgan fingerprint density at radius 3 is 2.71 bits per heavy atom. The summed E-state index contributed by atoms with van der Waals surface area (Å²) in [6, 6.07) is 2.83. The Bertz CT molecular complexity index is 605. The summed E-state index contributed by atoms with van der Waals surface area (Å²) in [7, 11) is 0. The Balaban J connectivity index is 1.92. The number of alkyl halides is 2. The number of nitrogens with zero attached hydrogens (tertiary/aromatic N) is 4. The zero-order chi connectivity index (χ0) is 17.6. The van der Waals surface area contributed by atoms with E-state index in [0.717, 1.165) is 12.0 Å². The summed E-state index contributed by atoms with van der Waals surface area (Å²) in [6.07, 6.45) is 0.696. The second-order valence-electron chi connectivity index (χ2n) is 5.77. The van der Waals surface area contributed by atoms with Crippen molar-refractivity contribution < 1.29 is 18.6 Å².